The molecule has 0 bridgehead atoms. The molecule has 0 saturated carbocycles. The highest BCUT2D eigenvalue weighted by atomic mass is 16.1. The summed E-state index contributed by atoms with van der Waals surface area (Å²) in [7, 11) is 0. The topological polar surface area (TPSA) is 44.9 Å². The van der Waals surface area contributed by atoms with Gasteiger partial charge in [-0.25, -0.2) is 0 Å². The van der Waals surface area contributed by atoms with E-state index in [-0.39, 0.29) is 5.91 Å². The highest BCUT2D eigenvalue weighted by Gasteiger charge is 2.10. The lowest BCUT2D eigenvalue weighted by molar-refractivity contribution is -0.114. The Morgan fingerprint density at radius 1 is 1.35 bits per heavy atom. The van der Waals surface area contributed by atoms with Crippen LogP contribution >= 0.6 is 0 Å². The van der Waals surface area contributed by atoms with Gasteiger partial charge in [0.15, 0.2) is 0 Å². The quantitative estimate of drug-likeness (QED) is 0.814. The van der Waals surface area contributed by atoms with E-state index in [9.17, 15) is 4.79 Å². The van der Waals surface area contributed by atoms with Gasteiger partial charge >= 0.3 is 0 Å². The van der Waals surface area contributed by atoms with E-state index in [2.05, 4.69) is 42.3 Å². The van der Waals surface area contributed by atoms with Crippen LogP contribution in [0.3, 0.4) is 0 Å². The lowest BCUT2D eigenvalue weighted by Gasteiger charge is -2.06. The molecule has 0 aliphatic heterocycles. The van der Waals surface area contributed by atoms with Gasteiger partial charge < -0.3 is 10.3 Å². The Hall–Kier alpha value is -1.77. The lowest BCUT2D eigenvalue weighted by atomic mass is 10.0. The number of aromatic nitrogens is 1. The molecule has 3 nitrogen and oxygen atoms in total. The molecule has 0 aliphatic carbocycles. The van der Waals surface area contributed by atoms with Crippen LogP contribution in [0, 0.1) is 6.92 Å². The predicted molar refractivity (Wildman–Crippen MR) is 71.4 cm³/mol. The van der Waals surface area contributed by atoms with Crippen molar-refractivity contribution in [3.05, 3.63) is 29.5 Å². The molecule has 0 spiro atoms. The summed E-state index contributed by atoms with van der Waals surface area (Å²) in [6, 6.07) is 6.35. The first-order chi connectivity index (χ1) is 7.99. The van der Waals surface area contributed by atoms with Crippen LogP contribution in [-0.4, -0.2) is 10.9 Å². The number of carbonyl (C=O) groups excluding carboxylic acids is 1. The normalized spacial score (nSPS) is 11.1. The summed E-state index contributed by atoms with van der Waals surface area (Å²) in [4.78, 5) is 14.5. The molecule has 1 amide bonds. The second kappa shape index (κ2) is 4.24. The first-order valence-electron chi connectivity index (χ1n) is 5.89. The van der Waals surface area contributed by atoms with Crippen LogP contribution in [-0.2, 0) is 4.79 Å². The van der Waals surface area contributed by atoms with Gasteiger partial charge in [-0.1, -0.05) is 19.9 Å². The molecule has 1 heterocycles. The van der Waals surface area contributed by atoms with Crippen molar-refractivity contribution in [3.8, 4) is 0 Å². The van der Waals surface area contributed by atoms with Crippen molar-refractivity contribution in [2.24, 2.45) is 0 Å². The van der Waals surface area contributed by atoms with Crippen molar-refractivity contribution in [1.29, 1.82) is 0 Å². The third-order valence-electron chi connectivity index (χ3n) is 2.98. The van der Waals surface area contributed by atoms with E-state index in [4.69, 9.17) is 0 Å². The summed E-state index contributed by atoms with van der Waals surface area (Å²) in [6.07, 6.45) is 0. The minimum absolute atomic E-state index is 0.0380. The van der Waals surface area contributed by atoms with Gasteiger partial charge in [-0.2, -0.15) is 0 Å². The molecule has 0 saturated heterocycles. The molecule has 0 radical (unpaired) electrons. The Kier molecular flexibility index (Phi) is 2.92. The zero-order valence-corrected chi connectivity index (χ0v) is 10.7. The number of benzene rings is 1. The zero-order valence-electron chi connectivity index (χ0n) is 10.7. The number of amides is 1. The Labute approximate surface area is 101 Å². The molecule has 0 unspecified atom stereocenters. The van der Waals surface area contributed by atoms with E-state index >= 15 is 0 Å². The molecular formula is C14H18N2O. The summed E-state index contributed by atoms with van der Waals surface area (Å²) in [5.74, 6) is 0.448. The van der Waals surface area contributed by atoms with Crippen LogP contribution in [0.15, 0.2) is 18.2 Å². The smallest absolute Gasteiger partial charge is 0.221 e. The fourth-order valence-corrected chi connectivity index (χ4v) is 2.04. The molecule has 2 aromatic rings. The van der Waals surface area contributed by atoms with E-state index < -0.39 is 0 Å². The lowest BCUT2D eigenvalue weighted by Crippen LogP contribution is -2.06. The zero-order chi connectivity index (χ0) is 12.6. The molecule has 1 aromatic heterocycles. The molecule has 2 rings (SSSR count). The molecule has 90 valence electrons. The van der Waals surface area contributed by atoms with E-state index in [1.807, 2.05) is 6.92 Å². The maximum absolute atomic E-state index is 11.2. The van der Waals surface area contributed by atoms with Gasteiger partial charge in [0.2, 0.25) is 5.91 Å². The van der Waals surface area contributed by atoms with Crippen LogP contribution in [0.5, 0.6) is 0 Å². The van der Waals surface area contributed by atoms with Gasteiger partial charge in [0.05, 0.1) is 5.69 Å². The molecule has 0 fully saturated rings. The van der Waals surface area contributed by atoms with E-state index in [0.29, 0.717) is 5.92 Å². The summed E-state index contributed by atoms with van der Waals surface area (Å²) < 4.78 is 0. The van der Waals surface area contributed by atoms with Crippen molar-refractivity contribution in [3.63, 3.8) is 0 Å². The Morgan fingerprint density at radius 3 is 2.65 bits per heavy atom. The van der Waals surface area contributed by atoms with Crippen LogP contribution < -0.4 is 5.32 Å². The number of fused-ring (bicyclic) bond motifs is 1. The summed E-state index contributed by atoms with van der Waals surface area (Å²) in [5, 5.41) is 3.98. The van der Waals surface area contributed by atoms with Crippen molar-refractivity contribution in [2.45, 2.75) is 33.6 Å². The largest absolute Gasteiger partial charge is 0.357 e. The minimum Gasteiger partial charge on any atom is -0.357 e. The third-order valence-corrected chi connectivity index (χ3v) is 2.98. The average molecular weight is 230 g/mol. The predicted octanol–water partition coefficient (Wildman–Crippen LogP) is 3.56. The third kappa shape index (κ3) is 2.18. The average Bonchev–Trinajstić information content (AvgIpc) is 2.54. The van der Waals surface area contributed by atoms with Crippen LogP contribution in [0.2, 0.25) is 0 Å². The maximum atomic E-state index is 11.2. The second-order valence-electron chi connectivity index (χ2n) is 4.77. The molecular weight excluding hydrogens is 212 g/mol. The molecule has 17 heavy (non-hydrogen) atoms. The number of hydrogen-bond donors (Lipinski definition) is 2. The van der Waals surface area contributed by atoms with Crippen LogP contribution in [0.1, 0.15) is 37.9 Å². The number of nitrogens with one attached hydrogen (secondary N) is 2. The highest BCUT2D eigenvalue weighted by molar-refractivity contribution is 6.02. The van der Waals surface area contributed by atoms with Gasteiger partial charge in [-0.15, -0.1) is 0 Å². The number of carbonyl (C=O) groups is 1. The van der Waals surface area contributed by atoms with E-state index in [1.54, 1.807) is 0 Å². The first-order valence-corrected chi connectivity index (χ1v) is 5.89. The van der Waals surface area contributed by atoms with Crippen LogP contribution in [0.25, 0.3) is 10.9 Å². The standard InChI is InChI=1S/C14H18N2O/c1-8(2)11-5-6-13-12(7-11)14(9(3)15-13)16-10(4)17/h5-8,15H,1-4H3,(H,16,17). The van der Waals surface area contributed by atoms with Gasteiger partial charge in [0.1, 0.15) is 0 Å². The number of rotatable bonds is 2. The first kappa shape index (κ1) is 11.7. The fourth-order valence-electron chi connectivity index (χ4n) is 2.04. The number of aromatic amines is 1. The Morgan fingerprint density at radius 2 is 2.06 bits per heavy atom. The number of hydrogen-bond acceptors (Lipinski definition) is 1. The summed E-state index contributed by atoms with van der Waals surface area (Å²) >= 11 is 0. The summed E-state index contributed by atoms with van der Waals surface area (Å²) in [5.41, 5.74) is 4.24. The second-order valence-corrected chi connectivity index (χ2v) is 4.77. The molecule has 3 heteroatoms. The fraction of sp³-hybridized carbons (Fsp3) is 0.357. The van der Waals surface area contributed by atoms with Gasteiger partial charge in [0, 0.05) is 23.5 Å². The molecule has 0 atom stereocenters. The maximum Gasteiger partial charge on any atom is 0.221 e. The van der Waals surface area contributed by atoms with E-state index in [1.165, 1.54) is 12.5 Å². The van der Waals surface area contributed by atoms with Gasteiger partial charge in [0.25, 0.3) is 0 Å². The van der Waals surface area contributed by atoms with Gasteiger partial charge in [-0.3, -0.25) is 4.79 Å². The van der Waals surface area contributed by atoms with Crippen molar-refractivity contribution >= 4 is 22.5 Å². The van der Waals surface area contributed by atoms with E-state index in [0.717, 1.165) is 22.3 Å². The highest BCUT2D eigenvalue weighted by Crippen LogP contribution is 2.30. The van der Waals surface area contributed by atoms with Gasteiger partial charge in [-0.05, 0) is 30.5 Å². The molecule has 2 N–H and O–H groups in total. The SMILES string of the molecule is CC(=O)Nc1c(C)[nH]c2ccc(C(C)C)cc12. The number of anilines is 1. The Balaban J connectivity index is 2.60. The van der Waals surface area contributed by atoms with Crippen molar-refractivity contribution in [1.82, 2.24) is 4.98 Å². The minimum atomic E-state index is -0.0380. The molecule has 1 aromatic carbocycles. The monoisotopic (exact) mass is 230 g/mol. The Bertz CT molecular complexity index is 567. The van der Waals surface area contributed by atoms with Crippen molar-refractivity contribution < 1.29 is 4.79 Å². The number of aryl methyl sites for hydroxylation is 1. The molecule has 0 aliphatic rings. The summed E-state index contributed by atoms with van der Waals surface area (Å²) in [6.45, 7) is 7.84. The van der Waals surface area contributed by atoms with Crippen molar-refractivity contribution in [2.75, 3.05) is 5.32 Å². The van der Waals surface area contributed by atoms with Crippen LogP contribution in [0.4, 0.5) is 5.69 Å². The number of H-pyrrole nitrogens is 1.